The van der Waals surface area contributed by atoms with E-state index in [0.29, 0.717) is 18.0 Å². The summed E-state index contributed by atoms with van der Waals surface area (Å²) < 4.78 is 15.8. The van der Waals surface area contributed by atoms with E-state index in [4.69, 9.17) is 9.47 Å². The van der Waals surface area contributed by atoms with E-state index in [1.54, 1.807) is 7.11 Å². The molecule has 25 heavy (non-hydrogen) atoms. The minimum atomic E-state index is -0.332. The Labute approximate surface area is 145 Å². The molecule has 0 spiro atoms. The van der Waals surface area contributed by atoms with E-state index in [-0.39, 0.29) is 11.6 Å². The van der Waals surface area contributed by atoms with Crippen LogP contribution in [0.1, 0.15) is 21.6 Å². The standard InChI is InChI=1S/C19H18N2O4/c1-13-16(20-19(22)17-9-10-25-21-17)7-4-8-18(13)24-12-14-5-3-6-15(11-14)23-2/h3-11H,12H2,1-2H3,(H,20,22). The molecule has 1 amide bonds. The van der Waals surface area contributed by atoms with Gasteiger partial charge < -0.3 is 19.3 Å². The molecule has 0 atom stereocenters. The number of hydrogen-bond donors (Lipinski definition) is 1. The van der Waals surface area contributed by atoms with Crippen molar-refractivity contribution in [2.75, 3.05) is 12.4 Å². The predicted molar refractivity (Wildman–Crippen MR) is 93.0 cm³/mol. The third-order valence-corrected chi connectivity index (χ3v) is 3.73. The molecule has 3 rings (SSSR count). The monoisotopic (exact) mass is 338 g/mol. The fraction of sp³-hybridized carbons (Fsp3) is 0.158. The third-order valence-electron chi connectivity index (χ3n) is 3.73. The van der Waals surface area contributed by atoms with Gasteiger partial charge in [0.15, 0.2) is 5.69 Å². The number of amides is 1. The molecule has 1 heterocycles. The highest BCUT2D eigenvalue weighted by Gasteiger charge is 2.12. The molecule has 1 aromatic heterocycles. The van der Waals surface area contributed by atoms with Gasteiger partial charge in [-0.2, -0.15) is 0 Å². The lowest BCUT2D eigenvalue weighted by molar-refractivity contribution is 0.101. The van der Waals surface area contributed by atoms with Crippen molar-refractivity contribution in [3.05, 3.63) is 71.6 Å². The van der Waals surface area contributed by atoms with Crippen LogP contribution in [0.25, 0.3) is 0 Å². The molecule has 2 aromatic carbocycles. The summed E-state index contributed by atoms with van der Waals surface area (Å²) in [5.74, 6) is 1.15. The summed E-state index contributed by atoms with van der Waals surface area (Å²) in [6.07, 6.45) is 1.36. The molecule has 0 bridgehead atoms. The molecule has 0 saturated carbocycles. The van der Waals surface area contributed by atoms with Crippen LogP contribution < -0.4 is 14.8 Å². The molecule has 1 N–H and O–H groups in total. The number of benzene rings is 2. The second-order valence-corrected chi connectivity index (χ2v) is 5.41. The average molecular weight is 338 g/mol. The van der Waals surface area contributed by atoms with E-state index in [1.165, 1.54) is 12.3 Å². The van der Waals surface area contributed by atoms with Crippen molar-refractivity contribution in [1.82, 2.24) is 5.16 Å². The minimum absolute atomic E-state index is 0.224. The summed E-state index contributed by atoms with van der Waals surface area (Å²) in [7, 11) is 1.63. The van der Waals surface area contributed by atoms with Crippen LogP contribution in [0.2, 0.25) is 0 Å². The summed E-state index contributed by atoms with van der Waals surface area (Å²) in [5, 5.41) is 6.43. The fourth-order valence-electron chi connectivity index (χ4n) is 2.35. The summed E-state index contributed by atoms with van der Waals surface area (Å²) in [6, 6.07) is 14.7. The molecule has 6 nitrogen and oxygen atoms in total. The van der Waals surface area contributed by atoms with Gasteiger partial charge in [0.25, 0.3) is 5.91 Å². The van der Waals surface area contributed by atoms with Gasteiger partial charge >= 0.3 is 0 Å². The second kappa shape index (κ2) is 7.53. The Morgan fingerprint density at radius 3 is 2.80 bits per heavy atom. The quantitative estimate of drug-likeness (QED) is 0.739. The van der Waals surface area contributed by atoms with E-state index in [1.807, 2.05) is 49.4 Å². The van der Waals surface area contributed by atoms with Gasteiger partial charge in [-0.05, 0) is 36.8 Å². The molecule has 0 aliphatic rings. The molecular formula is C19H18N2O4. The van der Waals surface area contributed by atoms with Crippen molar-refractivity contribution in [2.45, 2.75) is 13.5 Å². The van der Waals surface area contributed by atoms with Gasteiger partial charge in [0.05, 0.1) is 7.11 Å². The van der Waals surface area contributed by atoms with Gasteiger partial charge in [-0.15, -0.1) is 0 Å². The van der Waals surface area contributed by atoms with Crippen molar-refractivity contribution < 1.29 is 18.8 Å². The van der Waals surface area contributed by atoms with Gasteiger partial charge in [0, 0.05) is 17.3 Å². The Bertz CT molecular complexity index is 860. The molecular weight excluding hydrogens is 320 g/mol. The van der Waals surface area contributed by atoms with Crippen LogP contribution in [0.15, 0.2) is 59.3 Å². The maximum absolute atomic E-state index is 12.1. The van der Waals surface area contributed by atoms with E-state index in [0.717, 1.165) is 16.9 Å². The minimum Gasteiger partial charge on any atom is -0.497 e. The first-order chi connectivity index (χ1) is 12.2. The summed E-state index contributed by atoms with van der Waals surface area (Å²) in [4.78, 5) is 12.1. The first-order valence-electron chi connectivity index (χ1n) is 7.74. The van der Waals surface area contributed by atoms with E-state index in [9.17, 15) is 4.79 Å². The lowest BCUT2D eigenvalue weighted by Gasteiger charge is -2.13. The largest absolute Gasteiger partial charge is 0.497 e. The van der Waals surface area contributed by atoms with Crippen LogP contribution in [-0.4, -0.2) is 18.2 Å². The van der Waals surface area contributed by atoms with Crippen molar-refractivity contribution in [2.24, 2.45) is 0 Å². The van der Waals surface area contributed by atoms with Crippen LogP contribution in [0.4, 0.5) is 5.69 Å². The lowest BCUT2D eigenvalue weighted by Crippen LogP contribution is -2.13. The summed E-state index contributed by atoms with van der Waals surface area (Å²) in [5.41, 5.74) is 2.72. The highest BCUT2D eigenvalue weighted by molar-refractivity contribution is 6.03. The Morgan fingerprint density at radius 1 is 1.20 bits per heavy atom. The predicted octanol–water partition coefficient (Wildman–Crippen LogP) is 3.82. The topological polar surface area (TPSA) is 73.6 Å². The fourth-order valence-corrected chi connectivity index (χ4v) is 2.35. The number of carbonyl (C=O) groups is 1. The smallest absolute Gasteiger partial charge is 0.277 e. The number of rotatable bonds is 6. The van der Waals surface area contributed by atoms with Gasteiger partial charge in [-0.1, -0.05) is 23.4 Å². The second-order valence-electron chi connectivity index (χ2n) is 5.41. The van der Waals surface area contributed by atoms with E-state index >= 15 is 0 Å². The van der Waals surface area contributed by atoms with Crippen molar-refractivity contribution in [1.29, 1.82) is 0 Å². The zero-order chi connectivity index (χ0) is 17.6. The molecule has 6 heteroatoms. The van der Waals surface area contributed by atoms with E-state index in [2.05, 4.69) is 15.0 Å². The SMILES string of the molecule is COc1cccc(COc2cccc(NC(=O)c3ccon3)c2C)c1. The van der Waals surface area contributed by atoms with Crippen molar-refractivity contribution in [3.8, 4) is 11.5 Å². The Hall–Kier alpha value is -3.28. The van der Waals surface area contributed by atoms with Crippen LogP contribution in [0.3, 0.4) is 0 Å². The first kappa shape index (κ1) is 16.6. The normalized spacial score (nSPS) is 10.3. The number of nitrogens with one attached hydrogen (secondary N) is 1. The number of anilines is 1. The molecule has 0 saturated heterocycles. The van der Waals surface area contributed by atoms with Gasteiger partial charge in [-0.3, -0.25) is 4.79 Å². The molecule has 0 aliphatic heterocycles. The number of ether oxygens (including phenoxy) is 2. The van der Waals surface area contributed by atoms with Crippen LogP contribution in [0.5, 0.6) is 11.5 Å². The van der Waals surface area contributed by atoms with Gasteiger partial charge in [-0.25, -0.2) is 0 Å². The first-order valence-corrected chi connectivity index (χ1v) is 7.74. The van der Waals surface area contributed by atoms with Crippen LogP contribution in [0, 0.1) is 6.92 Å². The number of hydrogen-bond acceptors (Lipinski definition) is 5. The van der Waals surface area contributed by atoms with Crippen LogP contribution >= 0.6 is 0 Å². The third kappa shape index (κ3) is 3.98. The maximum atomic E-state index is 12.1. The Kier molecular flexibility index (Phi) is 4.99. The Balaban J connectivity index is 1.71. The number of methoxy groups -OCH3 is 1. The number of carbonyl (C=O) groups excluding carboxylic acids is 1. The van der Waals surface area contributed by atoms with Crippen molar-refractivity contribution in [3.63, 3.8) is 0 Å². The van der Waals surface area contributed by atoms with Gasteiger partial charge in [0.2, 0.25) is 0 Å². The zero-order valence-corrected chi connectivity index (χ0v) is 14.0. The maximum Gasteiger partial charge on any atom is 0.277 e. The number of aromatic nitrogens is 1. The molecule has 3 aromatic rings. The summed E-state index contributed by atoms with van der Waals surface area (Å²) in [6.45, 7) is 2.29. The molecule has 0 aliphatic carbocycles. The van der Waals surface area contributed by atoms with Crippen LogP contribution in [-0.2, 0) is 6.61 Å². The number of nitrogens with zero attached hydrogens (tertiary/aromatic N) is 1. The molecule has 128 valence electrons. The van der Waals surface area contributed by atoms with E-state index < -0.39 is 0 Å². The lowest BCUT2D eigenvalue weighted by atomic mass is 10.1. The van der Waals surface area contributed by atoms with Gasteiger partial charge in [0.1, 0.15) is 24.4 Å². The highest BCUT2D eigenvalue weighted by Crippen LogP contribution is 2.27. The molecule has 0 unspecified atom stereocenters. The highest BCUT2D eigenvalue weighted by atomic mass is 16.5. The van der Waals surface area contributed by atoms with Crippen molar-refractivity contribution >= 4 is 11.6 Å². The Morgan fingerprint density at radius 2 is 2.04 bits per heavy atom. The zero-order valence-electron chi connectivity index (χ0n) is 14.0. The molecule has 0 fully saturated rings. The molecule has 0 radical (unpaired) electrons. The summed E-state index contributed by atoms with van der Waals surface area (Å²) >= 11 is 0. The average Bonchev–Trinajstić information content (AvgIpc) is 3.17.